The first-order valence-corrected chi connectivity index (χ1v) is 11.9. The van der Waals surface area contributed by atoms with E-state index in [0.717, 1.165) is 91.7 Å². The van der Waals surface area contributed by atoms with Crippen LogP contribution in [0.2, 0.25) is 0 Å². The normalized spacial score (nSPS) is 26.8. The molecule has 6 rings (SSSR count). The monoisotopic (exact) mass is 452 g/mol. The quantitative estimate of drug-likeness (QED) is 0.421. The maximum Gasteiger partial charge on any atom is 0.135 e. The highest BCUT2D eigenvalue weighted by Gasteiger charge is 2.35. The van der Waals surface area contributed by atoms with Gasteiger partial charge in [-0.2, -0.15) is 0 Å². The molecule has 4 heterocycles. The molecule has 2 aromatic carbocycles. The largest absolute Gasteiger partial charge is 0.456 e. The minimum absolute atomic E-state index is 0.228. The molecule has 0 radical (unpaired) electrons. The van der Waals surface area contributed by atoms with Crippen LogP contribution in [0.15, 0.2) is 12.1 Å². The van der Waals surface area contributed by atoms with Crippen LogP contribution >= 0.6 is 0 Å². The molecular weight excluding hydrogens is 420 g/mol. The Morgan fingerprint density at radius 3 is 1.79 bits per heavy atom. The van der Waals surface area contributed by atoms with E-state index in [1.54, 1.807) is 0 Å². The lowest BCUT2D eigenvalue weighted by Gasteiger charge is -2.24. The van der Waals surface area contributed by atoms with Gasteiger partial charge in [-0.05, 0) is 36.6 Å². The molecule has 0 bridgehead atoms. The van der Waals surface area contributed by atoms with E-state index in [0.29, 0.717) is 6.10 Å². The van der Waals surface area contributed by atoms with E-state index in [-0.39, 0.29) is 18.3 Å². The molecule has 0 aromatic heterocycles. The molecule has 2 aromatic rings. The maximum atomic E-state index is 6.73. The minimum Gasteiger partial charge on any atom is -0.456 e. The molecule has 4 aliphatic heterocycles. The number of nitrogen functional groups attached to an aromatic ring is 2. The molecule has 4 unspecified atom stereocenters. The third-order valence-corrected chi connectivity index (χ3v) is 7.19. The van der Waals surface area contributed by atoms with E-state index in [1.165, 1.54) is 16.7 Å². The summed E-state index contributed by atoms with van der Waals surface area (Å²) in [5.74, 6) is 1.60. The van der Waals surface area contributed by atoms with Crippen LogP contribution in [0.1, 0.15) is 33.4 Å². The van der Waals surface area contributed by atoms with Crippen molar-refractivity contribution < 1.29 is 23.7 Å². The zero-order valence-electron chi connectivity index (χ0n) is 19.3. The third kappa shape index (κ3) is 4.55. The van der Waals surface area contributed by atoms with Gasteiger partial charge in [0.2, 0.25) is 0 Å². The number of nitrogens with two attached hydrogens (primary N) is 2. The average Bonchev–Trinajstić information content (AvgIpc) is 3.62. The van der Waals surface area contributed by atoms with Crippen molar-refractivity contribution >= 4 is 11.4 Å². The second-order valence-electron chi connectivity index (χ2n) is 9.80. The van der Waals surface area contributed by atoms with E-state index in [9.17, 15) is 0 Å². The highest BCUT2D eigenvalue weighted by atomic mass is 16.6. The van der Waals surface area contributed by atoms with Crippen molar-refractivity contribution in [3.8, 4) is 11.5 Å². The van der Waals surface area contributed by atoms with Crippen LogP contribution in [-0.2, 0) is 44.6 Å². The summed E-state index contributed by atoms with van der Waals surface area (Å²) in [5, 5.41) is 0. The molecular formula is C26H32N2O5. The number of epoxide rings is 4. The summed E-state index contributed by atoms with van der Waals surface area (Å²) < 4.78 is 28.8. The van der Waals surface area contributed by atoms with Crippen molar-refractivity contribution in [2.75, 3.05) is 37.9 Å². The Morgan fingerprint density at radius 2 is 1.21 bits per heavy atom. The SMILES string of the molecule is Cc1c(Oc2c(C)c(N)c(CC3CO3)c(CC3CO3)c2CC2CO2)ccc(CC2CO2)c1N. The lowest BCUT2D eigenvalue weighted by molar-refractivity contribution is 0.394. The Kier molecular flexibility index (Phi) is 5.25. The minimum atomic E-state index is 0.228. The van der Waals surface area contributed by atoms with E-state index in [4.69, 9.17) is 35.2 Å². The van der Waals surface area contributed by atoms with Crippen molar-refractivity contribution in [1.29, 1.82) is 0 Å². The van der Waals surface area contributed by atoms with Gasteiger partial charge < -0.3 is 35.2 Å². The van der Waals surface area contributed by atoms with Gasteiger partial charge in [-0.15, -0.1) is 0 Å². The Balaban J connectivity index is 1.41. The third-order valence-electron chi connectivity index (χ3n) is 7.19. The standard InChI is InChI=1S/C26H32N2O5/c1-13-23(4-3-15(24(13)27)5-16-9-29-16)33-26-14(2)25(28)21(7-18-11-31-18)20(6-17-10-30-17)22(26)8-19-12-32-19/h3-4,16-19H,5-12,27-28H2,1-2H3. The lowest BCUT2D eigenvalue weighted by Crippen LogP contribution is -2.14. The molecule has 7 heteroatoms. The molecule has 33 heavy (non-hydrogen) atoms. The number of benzene rings is 2. The van der Waals surface area contributed by atoms with Crippen LogP contribution in [0.5, 0.6) is 11.5 Å². The van der Waals surface area contributed by atoms with Gasteiger partial charge in [0.25, 0.3) is 0 Å². The van der Waals surface area contributed by atoms with Gasteiger partial charge in [-0.1, -0.05) is 6.07 Å². The second kappa shape index (κ2) is 8.17. The maximum absolute atomic E-state index is 6.73. The van der Waals surface area contributed by atoms with Crippen molar-refractivity contribution in [3.05, 3.63) is 45.5 Å². The first kappa shape index (κ1) is 21.2. The van der Waals surface area contributed by atoms with Crippen LogP contribution < -0.4 is 16.2 Å². The zero-order chi connectivity index (χ0) is 22.7. The fraction of sp³-hybridized carbons (Fsp3) is 0.538. The molecule has 4 N–H and O–H groups in total. The van der Waals surface area contributed by atoms with Gasteiger partial charge in [0.1, 0.15) is 11.5 Å². The molecule has 7 nitrogen and oxygen atoms in total. The summed E-state index contributed by atoms with van der Waals surface area (Å²) in [4.78, 5) is 0. The van der Waals surface area contributed by atoms with Crippen LogP contribution in [0.25, 0.3) is 0 Å². The van der Waals surface area contributed by atoms with Crippen molar-refractivity contribution in [3.63, 3.8) is 0 Å². The first-order chi connectivity index (χ1) is 16.0. The Hall–Kier alpha value is -2.32. The summed E-state index contributed by atoms with van der Waals surface area (Å²) in [6.07, 6.45) is 4.35. The fourth-order valence-electron chi connectivity index (χ4n) is 4.73. The molecule has 0 amide bonds. The summed E-state index contributed by atoms with van der Waals surface area (Å²) in [6.45, 7) is 7.26. The van der Waals surface area contributed by atoms with Crippen LogP contribution in [0.3, 0.4) is 0 Å². The van der Waals surface area contributed by atoms with Crippen LogP contribution in [-0.4, -0.2) is 50.8 Å². The molecule has 4 atom stereocenters. The predicted octanol–water partition coefficient (Wildman–Crippen LogP) is 3.03. The van der Waals surface area contributed by atoms with Gasteiger partial charge in [0, 0.05) is 53.7 Å². The Labute approximate surface area is 194 Å². The van der Waals surface area contributed by atoms with Crippen LogP contribution in [0, 0.1) is 13.8 Å². The number of anilines is 2. The van der Waals surface area contributed by atoms with Crippen molar-refractivity contribution in [2.24, 2.45) is 0 Å². The van der Waals surface area contributed by atoms with Crippen molar-refractivity contribution in [1.82, 2.24) is 0 Å². The molecule has 0 saturated carbocycles. The highest BCUT2D eigenvalue weighted by molar-refractivity contribution is 5.68. The average molecular weight is 453 g/mol. The number of rotatable bonds is 10. The molecule has 4 saturated heterocycles. The molecule has 0 aliphatic carbocycles. The van der Waals surface area contributed by atoms with E-state index < -0.39 is 0 Å². The first-order valence-electron chi connectivity index (χ1n) is 11.9. The Morgan fingerprint density at radius 1 is 0.697 bits per heavy atom. The smallest absolute Gasteiger partial charge is 0.135 e. The van der Waals surface area contributed by atoms with E-state index in [2.05, 4.69) is 6.07 Å². The van der Waals surface area contributed by atoms with E-state index >= 15 is 0 Å². The van der Waals surface area contributed by atoms with E-state index in [1.807, 2.05) is 19.9 Å². The van der Waals surface area contributed by atoms with Gasteiger partial charge in [0.15, 0.2) is 0 Å². The van der Waals surface area contributed by atoms with Gasteiger partial charge >= 0.3 is 0 Å². The predicted molar refractivity (Wildman–Crippen MR) is 125 cm³/mol. The topological polar surface area (TPSA) is 111 Å². The van der Waals surface area contributed by atoms with Crippen LogP contribution in [0.4, 0.5) is 11.4 Å². The summed E-state index contributed by atoms with van der Waals surface area (Å²) in [7, 11) is 0. The number of ether oxygens (including phenoxy) is 5. The number of hydrogen-bond donors (Lipinski definition) is 2. The lowest BCUT2D eigenvalue weighted by atomic mass is 9.87. The molecule has 4 aliphatic rings. The fourth-order valence-corrected chi connectivity index (χ4v) is 4.73. The highest BCUT2D eigenvalue weighted by Crippen LogP contribution is 2.44. The molecule has 176 valence electrons. The second-order valence-corrected chi connectivity index (χ2v) is 9.80. The summed E-state index contributed by atoms with van der Waals surface area (Å²) in [6, 6.07) is 4.07. The summed E-state index contributed by atoms with van der Waals surface area (Å²) >= 11 is 0. The van der Waals surface area contributed by atoms with Gasteiger partial charge in [0.05, 0.1) is 50.8 Å². The summed E-state index contributed by atoms with van der Waals surface area (Å²) in [5.41, 5.74) is 21.4. The Bertz CT molecular complexity index is 1090. The van der Waals surface area contributed by atoms with Gasteiger partial charge in [-0.25, -0.2) is 0 Å². The molecule has 0 spiro atoms. The zero-order valence-corrected chi connectivity index (χ0v) is 19.3. The number of hydrogen-bond acceptors (Lipinski definition) is 7. The van der Waals surface area contributed by atoms with Gasteiger partial charge in [-0.3, -0.25) is 0 Å². The van der Waals surface area contributed by atoms with Crippen molar-refractivity contribution in [2.45, 2.75) is 63.9 Å². The molecule has 4 fully saturated rings.